The molecular formula is C16H17ClFN. The number of benzene rings is 2. The molecule has 2 rings (SSSR count). The van der Waals surface area contributed by atoms with Gasteiger partial charge in [-0.2, -0.15) is 0 Å². The minimum atomic E-state index is -0.251. The maximum Gasteiger partial charge on any atom is 0.123 e. The Morgan fingerprint density at radius 2 is 2.00 bits per heavy atom. The molecule has 0 aromatic heterocycles. The van der Waals surface area contributed by atoms with Gasteiger partial charge < -0.3 is 5.32 Å². The van der Waals surface area contributed by atoms with Gasteiger partial charge in [0, 0.05) is 11.1 Å². The second kappa shape index (κ2) is 6.18. The van der Waals surface area contributed by atoms with Crippen molar-refractivity contribution in [2.24, 2.45) is 0 Å². The van der Waals surface area contributed by atoms with Crippen LogP contribution >= 0.6 is 11.6 Å². The molecule has 0 heterocycles. The zero-order chi connectivity index (χ0) is 13.8. The third-order valence-electron chi connectivity index (χ3n) is 3.22. The number of rotatable bonds is 4. The first-order chi connectivity index (χ1) is 9.10. The number of nitrogens with one attached hydrogen (secondary N) is 1. The summed E-state index contributed by atoms with van der Waals surface area (Å²) >= 11 is 6.12. The molecule has 0 amide bonds. The Hall–Kier alpha value is -1.38. The summed E-state index contributed by atoms with van der Waals surface area (Å²) in [4.78, 5) is 0. The van der Waals surface area contributed by atoms with Crippen LogP contribution in [0.2, 0.25) is 5.02 Å². The maximum absolute atomic E-state index is 13.3. The Balaban J connectivity index is 2.26. The van der Waals surface area contributed by atoms with Crippen molar-refractivity contribution in [2.75, 3.05) is 7.05 Å². The molecular weight excluding hydrogens is 261 g/mol. The van der Waals surface area contributed by atoms with Crippen LogP contribution in [0.3, 0.4) is 0 Å². The minimum Gasteiger partial charge on any atom is -0.313 e. The lowest BCUT2D eigenvalue weighted by atomic mass is 9.97. The van der Waals surface area contributed by atoms with Gasteiger partial charge in [-0.1, -0.05) is 41.4 Å². The van der Waals surface area contributed by atoms with Gasteiger partial charge in [0.25, 0.3) is 0 Å². The first-order valence-electron chi connectivity index (χ1n) is 6.28. The normalized spacial score (nSPS) is 12.4. The van der Waals surface area contributed by atoms with Crippen LogP contribution in [0.5, 0.6) is 0 Å². The number of aryl methyl sites for hydroxylation is 1. The standard InChI is InChI=1S/C16H17ClFN/c1-11-4-3-5-12(8-11)16(19-2)10-13-9-14(18)6-7-15(13)17/h3-9,16,19H,10H2,1-2H3. The summed E-state index contributed by atoms with van der Waals surface area (Å²) in [7, 11) is 1.90. The SMILES string of the molecule is CNC(Cc1cc(F)ccc1Cl)c1cccc(C)c1. The molecule has 0 aliphatic rings. The summed E-state index contributed by atoms with van der Waals surface area (Å²) < 4.78 is 13.3. The monoisotopic (exact) mass is 277 g/mol. The van der Waals surface area contributed by atoms with Gasteiger partial charge in [-0.05, 0) is 49.7 Å². The predicted octanol–water partition coefficient (Wildman–Crippen LogP) is 4.29. The van der Waals surface area contributed by atoms with Gasteiger partial charge in [0.05, 0.1) is 0 Å². The molecule has 0 aliphatic carbocycles. The van der Waals surface area contributed by atoms with E-state index in [1.807, 2.05) is 13.1 Å². The molecule has 0 aliphatic heterocycles. The van der Waals surface area contributed by atoms with Crippen LogP contribution in [-0.2, 0) is 6.42 Å². The van der Waals surface area contributed by atoms with E-state index in [0.717, 1.165) is 5.56 Å². The summed E-state index contributed by atoms with van der Waals surface area (Å²) in [5.41, 5.74) is 3.22. The van der Waals surface area contributed by atoms with E-state index in [4.69, 9.17) is 11.6 Å². The van der Waals surface area contributed by atoms with Gasteiger partial charge in [-0.15, -0.1) is 0 Å². The molecule has 1 unspecified atom stereocenters. The van der Waals surface area contributed by atoms with E-state index >= 15 is 0 Å². The first kappa shape index (κ1) is 14.0. The lowest BCUT2D eigenvalue weighted by molar-refractivity contribution is 0.584. The molecule has 100 valence electrons. The van der Waals surface area contributed by atoms with Crippen LogP contribution < -0.4 is 5.32 Å². The zero-order valence-corrected chi connectivity index (χ0v) is 11.8. The third-order valence-corrected chi connectivity index (χ3v) is 3.59. The highest BCUT2D eigenvalue weighted by Crippen LogP contribution is 2.24. The molecule has 1 nitrogen and oxygen atoms in total. The molecule has 3 heteroatoms. The summed E-state index contributed by atoms with van der Waals surface area (Å²) in [6.45, 7) is 2.06. The number of likely N-dealkylation sites (N-methyl/N-ethyl adjacent to an activating group) is 1. The lowest BCUT2D eigenvalue weighted by Gasteiger charge is -2.18. The molecule has 2 aromatic carbocycles. The Labute approximate surface area is 118 Å². The average molecular weight is 278 g/mol. The molecule has 0 radical (unpaired) electrons. The van der Waals surface area contributed by atoms with Crippen LogP contribution in [0.25, 0.3) is 0 Å². The molecule has 0 saturated heterocycles. The van der Waals surface area contributed by atoms with Crippen molar-refractivity contribution in [1.82, 2.24) is 5.32 Å². The van der Waals surface area contributed by atoms with Crippen LogP contribution in [-0.4, -0.2) is 7.05 Å². The van der Waals surface area contributed by atoms with Gasteiger partial charge in [0.2, 0.25) is 0 Å². The van der Waals surface area contributed by atoms with Crippen molar-refractivity contribution in [3.63, 3.8) is 0 Å². The molecule has 0 spiro atoms. The van der Waals surface area contributed by atoms with Crippen molar-refractivity contribution in [3.05, 3.63) is 70.0 Å². The highest BCUT2D eigenvalue weighted by molar-refractivity contribution is 6.31. The van der Waals surface area contributed by atoms with Gasteiger partial charge in [0.1, 0.15) is 5.82 Å². The van der Waals surface area contributed by atoms with Crippen LogP contribution in [0.15, 0.2) is 42.5 Å². The molecule has 0 fully saturated rings. The third kappa shape index (κ3) is 3.55. The van der Waals surface area contributed by atoms with Crippen LogP contribution in [0.1, 0.15) is 22.7 Å². The molecule has 0 bridgehead atoms. The number of halogens is 2. The number of hydrogen-bond acceptors (Lipinski definition) is 1. The van der Waals surface area contributed by atoms with E-state index < -0.39 is 0 Å². The Bertz CT molecular complexity index is 568. The van der Waals surface area contributed by atoms with E-state index in [0.29, 0.717) is 11.4 Å². The topological polar surface area (TPSA) is 12.0 Å². The van der Waals surface area contributed by atoms with E-state index in [9.17, 15) is 4.39 Å². The highest BCUT2D eigenvalue weighted by Gasteiger charge is 2.13. The largest absolute Gasteiger partial charge is 0.313 e. The number of hydrogen-bond donors (Lipinski definition) is 1. The molecule has 19 heavy (non-hydrogen) atoms. The van der Waals surface area contributed by atoms with Gasteiger partial charge in [-0.25, -0.2) is 4.39 Å². The van der Waals surface area contributed by atoms with Gasteiger partial charge >= 0.3 is 0 Å². The summed E-state index contributed by atoms with van der Waals surface area (Å²) in [6.07, 6.45) is 0.663. The van der Waals surface area contributed by atoms with E-state index in [-0.39, 0.29) is 11.9 Å². The summed E-state index contributed by atoms with van der Waals surface area (Å²) in [5, 5.41) is 3.87. The quantitative estimate of drug-likeness (QED) is 0.879. The van der Waals surface area contributed by atoms with E-state index in [1.165, 1.54) is 23.3 Å². The van der Waals surface area contributed by atoms with Crippen molar-refractivity contribution in [3.8, 4) is 0 Å². The average Bonchev–Trinajstić information content (AvgIpc) is 2.39. The van der Waals surface area contributed by atoms with Crippen LogP contribution in [0, 0.1) is 12.7 Å². The van der Waals surface area contributed by atoms with E-state index in [2.05, 4.69) is 30.4 Å². The van der Waals surface area contributed by atoms with Crippen LogP contribution in [0.4, 0.5) is 4.39 Å². The molecule has 1 N–H and O–H groups in total. The van der Waals surface area contributed by atoms with Crippen molar-refractivity contribution in [2.45, 2.75) is 19.4 Å². The highest BCUT2D eigenvalue weighted by atomic mass is 35.5. The smallest absolute Gasteiger partial charge is 0.123 e. The summed E-state index contributed by atoms with van der Waals surface area (Å²) in [5.74, 6) is -0.251. The second-order valence-electron chi connectivity index (χ2n) is 4.70. The predicted molar refractivity (Wildman–Crippen MR) is 78.1 cm³/mol. The molecule has 1 atom stereocenters. The van der Waals surface area contributed by atoms with Crippen molar-refractivity contribution >= 4 is 11.6 Å². The molecule has 2 aromatic rings. The van der Waals surface area contributed by atoms with Gasteiger partial charge in [0.15, 0.2) is 0 Å². The fraction of sp³-hybridized carbons (Fsp3) is 0.250. The second-order valence-corrected chi connectivity index (χ2v) is 5.10. The van der Waals surface area contributed by atoms with Crippen molar-refractivity contribution < 1.29 is 4.39 Å². The maximum atomic E-state index is 13.3. The van der Waals surface area contributed by atoms with E-state index in [1.54, 1.807) is 6.07 Å². The zero-order valence-electron chi connectivity index (χ0n) is 11.1. The fourth-order valence-electron chi connectivity index (χ4n) is 2.19. The minimum absolute atomic E-state index is 0.124. The van der Waals surface area contributed by atoms with Crippen molar-refractivity contribution in [1.29, 1.82) is 0 Å². The summed E-state index contributed by atoms with van der Waals surface area (Å²) in [6, 6.07) is 12.9. The first-order valence-corrected chi connectivity index (χ1v) is 6.65. The lowest BCUT2D eigenvalue weighted by Crippen LogP contribution is -2.19. The van der Waals surface area contributed by atoms with Gasteiger partial charge in [-0.3, -0.25) is 0 Å². The fourth-order valence-corrected chi connectivity index (χ4v) is 2.39. The molecule has 0 saturated carbocycles. The Morgan fingerprint density at radius 3 is 2.68 bits per heavy atom. The Morgan fingerprint density at radius 1 is 1.21 bits per heavy atom. The Kier molecular flexibility index (Phi) is 4.56.